The van der Waals surface area contributed by atoms with E-state index < -0.39 is 12.2 Å². The highest BCUT2D eigenvalue weighted by molar-refractivity contribution is 6.14. The zero-order valence-electron chi connectivity index (χ0n) is 15.6. The van der Waals surface area contributed by atoms with Gasteiger partial charge in [-0.3, -0.25) is 4.79 Å². The van der Waals surface area contributed by atoms with Gasteiger partial charge in [-0.05, 0) is 20.8 Å². The van der Waals surface area contributed by atoms with E-state index in [0.29, 0.717) is 17.1 Å². The molecule has 0 saturated carbocycles. The Morgan fingerprint density at radius 3 is 1.96 bits per heavy atom. The molecule has 0 fully saturated rings. The van der Waals surface area contributed by atoms with Crippen LogP contribution in [0, 0.1) is 6.92 Å². The molecule has 2 aromatic rings. The van der Waals surface area contributed by atoms with E-state index in [4.69, 9.17) is 18.9 Å². The minimum Gasteiger partial charge on any atom is -0.507 e. The van der Waals surface area contributed by atoms with Crippen molar-refractivity contribution in [1.82, 2.24) is 0 Å². The van der Waals surface area contributed by atoms with Crippen LogP contribution in [0.2, 0.25) is 0 Å². The maximum atomic E-state index is 12.6. The molecule has 1 aliphatic heterocycles. The van der Waals surface area contributed by atoms with E-state index in [1.54, 1.807) is 20.8 Å². The molecule has 0 spiro atoms. The van der Waals surface area contributed by atoms with Crippen molar-refractivity contribution in [2.24, 2.45) is 0 Å². The smallest absolute Gasteiger partial charge is 0.204 e. The number of carbonyl (C=O) groups is 1. The Kier molecular flexibility index (Phi) is 4.36. The van der Waals surface area contributed by atoms with Crippen LogP contribution >= 0.6 is 0 Å². The molecule has 0 bridgehead atoms. The van der Waals surface area contributed by atoms with Crippen molar-refractivity contribution in [3.05, 3.63) is 16.7 Å². The molecular weight excluding hydrogens is 340 g/mol. The monoisotopic (exact) mass is 362 g/mol. The molecule has 2 N–H and O–H groups in total. The van der Waals surface area contributed by atoms with E-state index in [0.717, 1.165) is 0 Å². The second kappa shape index (κ2) is 6.25. The molecule has 7 nitrogen and oxygen atoms in total. The molecule has 0 amide bonds. The molecule has 26 heavy (non-hydrogen) atoms. The predicted molar refractivity (Wildman–Crippen MR) is 95.0 cm³/mol. The lowest BCUT2D eigenvalue weighted by molar-refractivity contribution is 0.00186. The minimum absolute atomic E-state index is 0.0682. The first kappa shape index (κ1) is 18.1. The maximum Gasteiger partial charge on any atom is 0.204 e. The first-order chi connectivity index (χ1) is 12.3. The fourth-order valence-electron chi connectivity index (χ4n) is 3.74. The molecule has 2 atom stereocenters. The normalized spacial score (nSPS) is 19.4. The third kappa shape index (κ3) is 2.20. The molecule has 7 heteroatoms. The summed E-state index contributed by atoms with van der Waals surface area (Å²) in [6.45, 7) is 5.04. The summed E-state index contributed by atoms with van der Waals surface area (Å²) >= 11 is 0. The Morgan fingerprint density at radius 1 is 0.846 bits per heavy atom. The van der Waals surface area contributed by atoms with Gasteiger partial charge >= 0.3 is 0 Å². The Balaban J connectivity index is 2.61. The number of benzene rings is 2. The van der Waals surface area contributed by atoms with Crippen LogP contribution in [-0.2, 0) is 4.74 Å². The van der Waals surface area contributed by atoms with Crippen molar-refractivity contribution in [1.29, 1.82) is 0 Å². The number of methoxy groups -OCH3 is 3. The third-order valence-electron chi connectivity index (χ3n) is 4.88. The van der Waals surface area contributed by atoms with E-state index in [-0.39, 0.29) is 44.9 Å². The van der Waals surface area contributed by atoms with Gasteiger partial charge in [-0.1, -0.05) is 0 Å². The summed E-state index contributed by atoms with van der Waals surface area (Å²) in [5.74, 6) is 0.0589. The number of carbonyl (C=O) groups excluding carboxylic acids is 1. The zero-order valence-corrected chi connectivity index (χ0v) is 15.6. The van der Waals surface area contributed by atoms with Crippen LogP contribution < -0.4 is 14.2 Å². The predicted octanol–water partition coefficient (Wildman–Crippen LogP) is 3.25. The summed E-state index contributed by atoms with van der Waals surface area (Å²) in [6, 6.07) is 0. The molecule has 1 aliphatic rings. The van der Waals surface area contributed by atoms with E-state index in [2.05, 4.69) is 0 Å². The molecule has 0 radical (unpaired) electrons. The van der Waals surface area contributed by atoms with Gasteiger partial charge in [0.15, 0.2) is 17.3 Å². The highest BCUT2D eigenvalue weighted by atomic mass is 16.5. The topological polar surface area (TPSA) is 94.5 Å². The number of hydrogen-bond donors (Lipinski definition) is 2. The molecule has 2 aromatic carbocycles. The van der Waals surface area contributed by atoms with Crippen LogP contribution in [0.25, 0.3) is 10.8 Å². The van der Waals surface area contributed by atoms with Gasteiger partial charge in [-0.2, -0.15) is 0 Å². The summed E-state index contributed by atoms with van der Waals surface area (Å²) in [5, 5.41) is 22.5. The van der Waals surface area contributed by atoms with E-state index in [9.17, 15) is 15.0 Å². The number of hydrogen-bond acceptors (Lipinski definition) is 7. The van der Waals surface area contributed by atoms with E-state index in [1.807, 2.05) is 0 Å². The van der Waals surface area contributed by atoms with Gasteiger partial charge in [0, 0.05) is 16.5 Å². The molecule has 0 unspecified atom stereocenters. The Labute approximate surface area is 151 Å². The molecule has 140 valence electrons. The Bertz CT molecular complexity index is 917. The van der Waals surface area contributed by atoms with Crippen molar-refractivity contribution in [2.45, 2.75) is 33.0 Å². The van der Waals surface area contributed by atoms with Gasteiger partial charge in [0.1, 0.15) is 17.6 Å². The molecular formula is C19H22O7. The summed E-state index contributed by atoms with van der Waals surface area (Å²) in [4.78, 5) is 12.6. The fraction of sp³-hybridized carbons (Fsp3) is 0.421. The zero-order chi connectivity index (χ0) is 19.3. The van der Waals surface area contributed by atoms with Gasteiger partial charge in [-0.15, -0.1) is 0 Å². The minimum atomic E-state index is -0.720. The number of phenolic OH excluding ortho intramolecular Hbond substituents is 2. The molecule has 0 aliphatic carbocycles. The summed E-state index contributed by atoms with van der Waals surface area (Å²) < 4.78 is 21.9. The number of aromatic hydroxyl groups is 2. The lowest BCUT2D eigenvalue weighted by atomic mass is 9.87. The van der Waals surface area contributed by atoms with Crippen LogP contribution in [0.15, 0.2) is 0 Å². The first-order valence-corrected chi connectivity index (χ1v) is 8.19. The third-order valence-corrected chi connectivity index (χ3v) is 4.88. The lowest BCUT2D eigenvalue weighted by Crippen LogP contribution is -2.29. The number of aryl methyl sites for hydroxylation is 1. The summed E-state index contributed by atoms with van der Waals surface area (Å²) in [6.07, 6.45) is -1.30. The van der Waals surface area contributed by atoms with Crippen LogP contribution in [0.5, 0.6) is 28.7 Å². The van der Waals surface area contributed by atoms with Gasteiger partial charge in [-0.25, -0.2) is 0 Å². The van der Waals surface area contributed by atoms with Gasteiger partial charge in [0.2, 0.25) is 5.75 Å². The van der Waals surface area contributed by atoms with E-state index in [1.165, 1.54) is 21.3 Å². The number of ketones is 1. The summed E-state index contributed by atoms with van der Waals surface area (Å²) in [7, 11) is 4.35. The number of fused-ring (bicyclic) bond motifs is 2. The summed E-state index contributed by atoms with van der Waals surface area (Å²) in [5.41, 5.74) is 0.831. The number of Topliss-reactive ketones (excluding diaryl/α,β-unsaturated/α-hetero) is 1. The van der Waals surface area contributed by atoms with E-state index >= 15 is 0 Å². The molecule has 0 saturated heterocycles. The van der Waals surface area contributed by atoms with Crippen LogP contribution in [0.3, 0.4) is 0 Å². The van der Waals surface area contributed by atoms with Crippen molar-refractivity contribution in [2.75, 3.05) is 21.3 Å². The largest absolute Gasteiger partial charge is 0.507 e. The quantitative estimate of drug-likeness (QED) is 0.809. The SMILES string of the molecule is COc1c(OC)c(OC)c2c(O)c3c(c(O)c2c1C)C(=O)[C@H](C)O[C@@H]3C. The highest BCUT2D eigenvalue weighted by Gasteiger charge is 2.38. The first-order valence-electron chi connectivity index (χ1n) is 8.19. The second-order valence-corrected chi connectivity index (χ2v) is 6.25. The van der Waals surface area contributed by atoms with Gasteiger partial charge < -0.3 is 29.2 Å². The van der Waals surface area contributed by atoms with Gasteiger partial charge in [0.05, 0.1) is 38.4 Å². The molecule has 3 rings (SSSR count). The average Bonchev–Trinajstić information content (AvgIpc) is 2.61. The second-order valence-electron chi connectivity index (χ2n) is 6.25. The van der Waals surface area contributed by atoms with Crippen molar-refractivity contribution in [3.63, 3.8) is 0 Å². The fourth-order valence-corrected chi connectivity index (χ4v) is 3.74. The highest BCUT2D eigenvalue weighted by Crippen LogP contribution is 2.55. The standard InChI is InChI=1S/C19H22O7/c1-7-10-13(18(24-5)19(25-6)17(7)23-4)16(22)11-8(2)26-9(3)14(20)12(11)15(10)21/h8-9,21-22H,1-6H3/t8-,9+/m1/s1. The van der Waals surface area contributed by atoms with Crippen LogP contribution in [0.1, 0.15) is 41.4 Å². The Morgan fingerprint density at radius 2 is 1.42 bits per heavy atom. The van der Waals surface area contributed by atoms with Crippen LogP contribution in [-0.4, -0.2) is 43.4 Å². The van der Waals surface area contributed by atoms with Crippen molar-refractivity contribution >= 4 is 16.6 Å². The van der Waals surface area contributed by atoms with Gasteiger partial charge in [0.25, 0.3) is 0 Å². The number of ether oxygens (including phenoxy) is 4. The van der Waals surface area contributed by atoms with Crippen molar-refractivity contribution < 1.29 is 34.0 Å². The average molecular weight is 362 g/mol. The Hall–Kier alpha value is -2.67. The molecule has 1 heterocycles. The maximum absolute atomic E-state index is 12.6. The van der Waals surface area contributed by atoms with Crippen molar-refractivity contribution in [3.8, 4) is 28.7 Å². The number of rotatable bonds is 3. The number of phenols is 2. The van der Waals surface area contributed by atoms with Crippen LogP contribution in [0.4, 0.5) is 0 Å². The lowest BCUT2D eigenvalue weighted by Gasteiger charge is -2.30. The molecule has 0 aromatic heterocycles.